The Hall–Kier alpha value is -1.84. The van der Waals surface area contributed by atoms with E-state index < -0.39 is 17.2 Å². The van der Waals surface area contributed by atoms with Crippen LogP contribution in [0.3, 0.4) is 0 Å². The maximum atomic E-state index is 11.7. The van der Waals surface area contributed by atoms with E-state index >= 15 is 0 Å². The highest BCUT2D eigenvalue weighted by atomic mass is 16.6. The fourth-order valence-electron chi connectivity index (χ4n) is 1.54. The molecular weight excluding hydrogens is 230 g/mol. The van der Waals surface area contributed by atoms with Crippen molar-refractivity contribution >= 4 is 12.4 Å². The topological polar surface area (TPSA) is 55.4 Å². The molecule has 1 unspecified atom stereocenters. The number of carbonyl (C=O) groups excluding carboxylic acids is 2. The van der Waals surface area contributed by atoms with E-state index in [2.05, 4.69) is 5.32 Å². The minimum Gasteiger partial charge on any atom is -0.444 e. The first-order valence-electron chi connectivity index (χ1n) is 5.79. The van der Waals surface area contributed by atoms with Gasteiger partial charge in [-0.25, -0.2) is 4.79 Å². The minimum absolute atomic E-state index is 0.513. The maximum Gasteiger partial charge on any atom is 0.408 e. The molecule has 0 saturated carbocycles. The van der Waals surface area contributed by atoms with E-state index in [1.165, 1.54) is 0 Å². The summed E-state index contributed by atoms with van der Waals surface area (Å²) in [6, 6.07) is 0. The highest BCUT2D eigenvalue weighted by Crippen LogP contribution is 2.16. The molecule has 0 aliphatic heterocycles. The maximum absolute atomic E-state index is 11.7. The number of rotatable bonds is 2. The Morgan fingerprint density at radius 2 is 2.06 bits per heavy atom. The third kappa shape index (κ3) is 4.57. The molecule has 0 radical (unpaired) electrons. The van der Waals surface area contributed by atoms with E-state index in [1.807, 2.05) is 0 Å². The van der Waals surface area contributed by atoms with Crippen molar-refractivity contribution < 1.29 is 14.3 Å². The van der Waals surface area contributed by atoms with Gasteiger partial charge in [-0.2, -0.15) is 0 Å². The van der Waals surface area contributed by atoms with Gasteiger partial charge in [-0.1, -0.05) is 24.3 Å². The number of hydrogen-bond acceptors (Lipinski definition) is 3. The van der Waals surface area contributed by atoms with Gasteiger partial charge >= 0.3 is 6.09 Å². The molecule has 4 nitrogen and oxygen atoms in total. The number of nitrogens with one attached hydrogen (secondary N) is 1. The molecule has 98 valence electrons. The van der Waals surface area contributed by atoms with Crippen LogP contribution in [-0.2, 0) is 9.53 Å². The number of alkyl carbamates (subject to hydrolysis) is 1. The predicted molar refractivity (Wildman–Crippen MR) is 70.2 cm³/mol. The largest absolute Gasteiger partial charge is 0.444 e. The van der Waals surface area contributed by atoms with E-state index in [0.29, 0.717) is 5.57 Å². The molecular formula is C14H19NO3. The van der Waals surface area contributed by atoms with E-state index in [-0.39, 0.29) is 0 Å². The van der Waals surface area contributed by atoms with Gasteiger partial charge in [0.1, 0.15) is 11.9 Å². The molecule has 0 aromatic rings. The van der Waals surface area contributed by atoms with Crippen LogP contribution in [0.4, 0.5) is 4.79 Å². The highest BCUT2D eigenvalue weighted by molar-refractivity contribution is 5.79. The zero-order valence-electron chi connectivity index (χ0n) is 11.2. The number of carbonyl (C=O) groups is 2. The summed E-state index contributed by atoms with van der Waals surface area (Å²) in [5, 5.41) is 2.73. The summed E-state index contributed by atoms with van der Waals surface area (Å²) in [6.07, 6.45) is 8.93. The van der Waals surface area contributed by atoms with E-state index in [4.69, 9.17) is 4.74 Å². The zero-order valence-corrected chi connectivity index (χ0v) is 11.2. The molecule has 18 heavy (non-hydrogen) atoms. The predicted octanol–water partition coefficient (Wildman–Crippen LogP) is 2.52. The number of amides is 1. The Bertz CT molecular complexity index is 427. The number of ether oxygens (including phenoxy) is 1. The average Bonchev–Trinajstić information content (AvgIpc) is 2.36. The molecule has 0 aromatic carbocycles. The van der Waals surface area contributed by atoms with Crippen molar-refractivity contribution in [3.05, 3.63) is 36.0 Å². The Morgan fingerprint density at radius 3 is 2.61 bits per heavy atom. The summed E-state index contributed by atoms with van der Waals surface area (Å²) >= 11 is 0. The Kier molecular flexibility index (Phi) is 4.11. The second-order valence-electron chi connectivity index (χ2n) is 5.39. The van der Waals surface area contributed by atoms with Crippen LogP contribution >= 0.6 is 0 Å². The van der Waals surface area contributed by atoms with Crippen molar-refractivity contribution in [3.8, 4) is 0 Å². The van der Waals surface area contributed by atoms with Gasteiger partial charge in [-0.15, -0.1) is 0 Å². The summed E-state index contributed by atoms with van der Waals surface area (Å²) < 4.78 is 5.19. The molecule has 4 heteroatoms. The lowest BCUT2D eigenvalue weighted by Gasteiger charge is -2.27. The van der Waals surface area contributed by atoms with Crippen LogP contribution in [0.2, 0.25) is 0 Å². The molecule has 0 aromatic heterocycles. The van der Waals surface area contributed by atoms with Crippen LogP contribution in [0.5, 0.6) is 0 Å². The SMILES string of the molecule is CC1(NC(=O)OC(C)(C)C)C=CC=CC(C=O)=C1. The van der Waals surface area contributed by atoms with Gasteiger partial charge in [0.15, 0.2) is 0 Å². The summed E-state index contributed by atoms with van der Waals surface area (Å²) in [4.78, 5) is 22.6. The first-order chi connectivity index (χ1) is 8.24. The molecule has 1 atom stereocenters. The molecule has 0 fully saturated rings. The lowest BCUT2D eigenvalue weighted by atomic mass is 10.00. The van der Waals surface area contributed by atoms with Gasteiger partial charge in [-0.05, 0) is 33.8 Å². The third-order valence-electron chi connectivity index (χ3n) is 2.22. The summed E-state index contributed by atoms with van der Waals surface area (Å²) in [5.74, 6) is 0. The smallest absolute Gasteiger partial charge is 0.408 e. The molecule has 1 rings (SSSR count). The number of aldehydes is 1. The van der Waals surface area contributed by atoms with Gasteiger partial charge in [0.05, 0.1) is 5.54 Å². The van der Waals surface area contributed by atoms with Crippen LogP contribution in [0.25, 0.3) is 0 Å². The third-order valence-corrected chi connectivity index (χ3v) is 2.22. The van der Waals surface area contributed by atoms with Crippen molar-refractivity contribution in [3.63, 3.8) is 0 Å². The monoisotopic (exact) mass is 249 g/mol. The Labute approximate surface area is 107 Å². The average molecular weight is 249 g/mol. The standard InChI is InChI=1S/C14H19NO3/c1-13(2,3)18-12(17)15-14(4)8-6-5-7-11(9-14)10-16/h5-10H,1-4H3,(H,15,17). The quantitative estimate of drug-likeness (QED) is 0.765. The summed E-state index contributed by atoms with van der Waals surface area (Å²) in [7, 11) is 0. The van der Waals surface area contributed by atoms with Crippen molar-refractivity contribution in [2.75, 3.05) is 0 Å². The molecule has 1 aliphatic carbocycles. The molecule has 0 heterocycles. The second-order valence-corrected chi connectivity index (χ2v) is 5.39. The Balaban J connectivity index is 2.81. The molecule has 1 aliphatic rings. The van der Waals surface area contributed by atoms with Crippen LogP contribution in [0.15, 0.2) is 36.0 Å². The van der Waals surface area contributed by atoms with Gasteiger partial charge in [0.2, 0.25) is 0 Å². The Morgan fingerprint density at radius 1 is 1.39 bits per heavy atom. The van der Waals surface area contributed by atoms with Crippen molar-refractivity contribution in [1.29, 1.82) is 0 Å². The van der Waals surface area contributed by atoms with Crippen LogP contribution in [0, 0.1) is 0 Å². The van der Waals surface area contributed by atoms with Gasteiger partial charge in [0, 0.05) is 5.57 Å². The van der Waals surface area contributed by atoms with Gasteiger partial charge in [0.25, 0.3) is 0 Å². The minimum atomic E-state index is -0.734. The van der Waals surface area contributed by atoms with E-state index in [0.717, 1.165) is 6.29 Å². The summed E-state index contributed by atoms with van der Waals surface area (Å²) in [6.45, 7) is 7.19. The van der Waals surface area contributed by atoms with E-state index in [9.17, 15) is 9.59 Å². The fourth-order valence-corrected chi connectivity index (χ4v) is 1.54. The first kappa shape index (κ1) is 14.2. The highest BCUT2D eigenvalue weighted by Gasteiger charge is 2.25. The van der Waals surface area contributed by atoms with E-state index in [1.54, 1.807) is 58.1 Å². The lowest BCUT2D eigenvalue weighted by Crippen LogP contribution is -2.45. The number of hydrogen-bond donors (Lipinski definition) is 1. The normalized spacial score (nSPS) is 23.0. The molecule has 0 spiro atoms. The molecule has 1 N–H and O–H groups in total. The van der Waals surface area contributed by atoms with Gasteiger partial charge in [-0.3, -0.25) is 4.79 Å². The van der Waals surface area contributed by atoms with Crippen molar-refractivity contribution in [2.45, 2.75) is 38.8 Å². The second kappa shape index (κ2) is 5.21. The molecule has 0 bridgehead atoms. The molecule has 0 saturated heterocycles. The van der Waals surface area contributed by atoms with Crippen LogP contribution in [0.1, 0.15) is 27.7 Å². The zero-order chi connectivity index (χ0) is 13.8. The van der Waals surface area contributed by atoms with Crippen LogP contribution in [-0.4, -0.2) is 23.5 Å². The summed E-state index contributed by atoms with van der Waals surface area (Å²) in [5.41, 5.74) is -0.773. The van der Waals surface area contributed by atoms with Gasteiger partial charge < -0.3 is 10.1 Å². The lowest BCUT2D eigenvalue weighted by molar-refractivity contribution is -0.104. The van der Waals surface area contributed by atoms with Crippen molar-refractivity contribution in [1.82, 2.24) is 5.32 Å². The number of allylic oxidation sites excluding steroid dienone is 4. The first-order valence-corrected chi connectivity index (χ1v) is 5.79. The molecule has 1 amide bonds. The van der Waals surface area contributed by atoms with Crippen LogP contribution < -0.4 is 5.32 Å². The van der Waals surface area contributed by atoms with Crippen molar-refractivity contribution in [2.24, 2.45) is 0 Å². The fraction of sp³-hybridized carbons (Fsp3) is 0.429.